The highest BCUT2D eigenvalue weighted by atomic mass is 32.1. The molecule has 2 atom stereocenters. The summed E-state index contributed by atoms with van der Waals surface area (Å²) >= 11 is 1.46. The zero-order valence-corrected chi connectivity index (χ0v) is 17.7. The van der Waals surface area contributed by atoms with Gasteiger partial charge < -0.3 is 20.0 Å². The standard InChI is InChI=1S/C21H26N4O3S/c1-4-27-16-10-8-11-17(28-5-2)20(16)23-19-13-24(3)14-25(19,26)21-22-15-9-6-7-12-18(15)29-21/h6-12,19,23H,4-5,13-14H2,1-3H3. The van der Waals surface area contributed by atoms with Crippen LogP contribution in [-0.4, -0.2) is 49.5 Å². The first-order valence-corrected chi connectivity index (χ1v) is 10.7. The molecule has 4 rings (SSSR count). The van der Waals surface area contributed by atoms with E-state index in [1.165, 1.54) is 11.3 Å². The van der Waals surface area contributed by atoms with Crippen molar-refractivity contribution in [2.75, 3.05) is 38.8 Å². The van der Waals surface area contributed by atoms with Gasteiger partial charge in [-0.15, -0.1) is 0 Å². The second-order valence-electron chi connectivity index (χ2n) is 7.10. The molecule has 2 aromatic carbocycles. The lowest BCUT2D eigenvalue weighted by molar-refractivity contribution is 0.315. The third-order valence-corrected chi connectivity index (χ3v) is 6.09. The predicted molar refractivity (Wildman–Crippen MR) is 118 cm³/mol. The quantitative estimate of drug-likeness (QED) is 0.461. The summed E-state index contributed by atoms with van der Waals surface area (Å²) < 4.78 is 12.1. The summed E-state index contributed by atoms with van der Waals surface area (Å²) in [5.74, 6) is 1.37. The minimum absolute atomic E-state index is 0.332. The molecular formula is C21H26N4O3S. The first kappa shape index (κ1) is 19.9. The molecule has 0 amide bonds. The zero-order valence-electron chi connectivity index (χ0n) is 16.9. The van der Waals surface area contributed by atoms with E-state index in [9.17, 15) is 5.21 Å². The SMILES string of the molecule is CCOc1cccc(OCC)c1NC1CN(C)C[N+]1([O-])c1nc2ccccc2s1. The molecule has 29 heavy (non-hydrogen) atoms. The number of anilines is 1. The van der Waals surface area contributed by atoms with Crippen LogP contribution >= 0.6 is 11.3 Å². The van der Waals surface area contributed by atoms with Crippen LogP contribution < -0.4 is 19.4 Å². The fourth-order valence-corrected chi connectivity index (χ4v) is 4.72. The number of rotatable bonds is 7. The summed E-state index contributed by atoms with van der Waals surface area (Å²) in [5, 5.41) is 18.1. The Labute approximate surface area is 174 Å². The monoisotopic (exact) mass is 414 g/mol. The van der Waals surface area contributed by atoms with Crippen LogP contribution in [0.1, 0.15) is 13.8 Å². The lowest BCUT2D eigenvalue weighted by Crippen LogP contribution is -2.52. The van der Waals surface area contributed by atoms with Gasteiger partial charge in [0, 0.05) is 0 Å². The second kappa shape index (κ2) is 8.16. The Morgan fingerprint density at radius 3 is 2.48 bits per heavy atom. The summed E-state index contributed by atoms with van der Waals surface area (Å²) in [7, 11) is 1.96. The van der Waals surface area contributed by atoms with Gasteiger partial charge in [-0.2, -0.15) is 4.98 Å². The number of nitrogens with one attached hydrogen (secondary N) is 1. The first-order valence-electron chi connectivity index (χ1n) is 9.83. The molecule has 8 heteroatoms. The Morgan fingerprint density at radius 2 is 1.83 bits per heavy atom. The number of nitrogens with zero attached hydrogens (tertiary/aromatic N) is 3. The van der Waals surface area contributed by atoms with Crippen LogP contribution in [0.4, 0.5) is 10.8 Å². The molecule has 1 N–H and O–H groups in total. The van der Waals surface area contributed by atoms with Crippen molar-refractivity contribution in [2.24, 2.45) is 0 Å². The van der Waals surface area contributed by atoms with Crippen LogP contribution in [0.2, 0.25) is 0 Å². The van der Waals surface area contributed by atoms with Crippen LogP contribution in [0.5, 0.6) is 11.5 Å². The van der Waals surface area contributed by atoms with Gasteiger partial charge in [-0.1, -0.05) is 29.5 Å². The average molecular weight is 415 g/mol. The van der Waals surface area contributed by atoms with Gasteiger partial charge in [-0.3, -0.25) is 9.55 Å². The van der Waals surface area contributed by atoms with E-state index in [4.69, 9.17) is 9.47 Å². The minimum atomic E-state index is -0.554. The number of hydroxylamine groups is 2. The van der Waals surface area contributed by atoms with Gasteiger partial charge in [0.05, 0.1) is 30.0 Å². The largest absolute Gasteiger partial charge is 0.623 e. The third kappa shape index (κ3) is 3.76. The van der Waals surface area contributed by atoms with E-state index >= 15 is 0 Å². The first-order chi connectivity index (χ1) is 14.0. The van der Waals surface area contributed by atoms with Crippen LogP contribution in [0.15, 0.2) is 42.5 Å². The summed E-state index contributed by atoms with van der Waals surface area (Å²) in [6.45, 7) is 5.86. The fraction of sp³-hybridized carbons (Fsp3) is 0.381. The number of hydrogen-bond acceptors (Lipinski definition) is 7. The van der Waals surface area contributed by atoms with Crippen molar-refractivity contribution in [1.29, 1.82) is 0 Å². The van der Waals surface area contributed by atoms with Gasteiger partial charge in [0.25, 0.3) is 5.13 Å². The minimum Gasteiger partial charge on any atom is -0.623 e. The fourth-order valence-electron chi connectivity index (χ4n) is 3.68. The molecule has 7 nitrogen and oxygen atoms in total. The number of fused-ring (bicyclic) bond motifs is 1. The summed E-state index contributed by atoms with van der Waals surface area (Å²) in [4.78, 5) is 6.69. The molecule has 1 saturated heterocycles. The predicted octanol–water partition coefficient (Wildman–Crippen LogP) is 4.24. The molecule has 1 aliphatic rings. The Kier molecular flexibility index (Phi) is 5.60. The van der Waals surface area contributed by atoms with Crippen molar-refractivity contribution < 1.29 is 9.47 Å². The lowest BCUT2D eigenvalue weighted by atomic mass is 10.2. The van der Waals surface area contributed by atoms with Gasteiger partial charge in [-0.05, 0) is 45.2 Å². The zero-order chi connectivity index (χ0) is 20.4. The van der Waals surface area contributed by atoms with E-state index in [2.05, 4.69) is 10.3 Å². The number of para-hydroxylation sites is 2. The van der Waals surface area contributed by atoms with E-state index in [-0.39, 0.29) is 0 Å². The number of thiazole rings is 1. The van der Waals surface area contributed by atoms with Gasteiger partial charge >= 0.3 is 0 Å². The molecule has 0 spiro atoms. The summed E-state index contributed by atoms with van der Waals surface area (Å²) in [6.07, 6.45) is -0.429. The molecule has 2 unspecified atom stereocenters. The number of likely N-dealkylation sites (N-methyl/N-ethyl adjacent to an activating group) is 1. The van der Waals surface area contributed by atoms with E-state index in [1.54, 1.807) is 0 Å². The van der Waals surface area contributed by atoms with E-state index in [1.807, 2.05) is 68.3 Å². The molecule has 2 heterocycles. The topological polar surface area (TPSA) is 69.7 Å². The summed E-state index contributed by atoms with van der Waals surface area (Å²) in [5.41, 5.74) is 1.58. The van der Waals surface area contributed by atoms with E-state index in [0.717, 1.165) is 15.9 Å². The molecule has 1 fully saturated rings. The van der Waals surface area contributed by atoms with Gasteiger partial charge in [0.2, 0.25) is 0 Å². The Balaban J connectivity index is 1.72. The maximum Gasteiger partial charge on any atom is 0.290 e. The Hall–Kier alpha value is -2.39. The molecule has 1 aliphatic heterocycles. The normalized spacial score (nSPS) is 22.1. The summed E-state index contributed by atoms with van der Waals surface area (Å²) in [6, 6.07) is 13.5. The molecule has 0 aliphatic carbocycles. The molecule has 154 valence electrons. The molecule has 0 saturated carbocycles. The molecular weight excluding hydrogens is 388 g/mol. The van der Waals surface area contributed by atoms with Crippen molar-refractivity contribution in [2.45, 2.75) is 20.0 Å². The maximum atomic E-state index is 14.1. The van der Waals surface area contributed by atoms with Crippen molar-refractivity contribution in [3.05, 3.63) is 47.7 Å². The van der Waals surface area contributed by atoms with Gasteiger partial charge in [-0.25, -0.2) is 0 Å². The average Bonchev–Trinajstić information content (AvgIpc) is 3.26. The van der Waals surface area contributed by atoms with Crippen LogP contribution in [0, 0.1) is 5.21 Å². The highest BCUT2D eigenvalue weighted by Crippen LogP contribution is 2.41. The maximum absolute atomic E-state index is 14.1. The van der Waals surface area contributed by atoms with Crippen molar-refractivity contribution in [1.82, 2.24) is 14.5 Å². The number of ether oxygens (including phenoxy) is 2. The smallest absolute Gasteiger partial charge is 0.290 e. The van der Waals surface area contributed by atoms with Crippen molar-refractivity contribution in [3.63, 3.8) is 0 Å². The van der Waals surface area contributed by atoms with Crippen LogP contribution in [-0.2, 0) is 0 Å². The number of aromatic nitrogens is 1. The third-order valence-electron chi connectivity index (χ3n) is 4.94. The molecule has 3 aromatic rings. The Bertz CT molecular complexity index is 938. The molecule has 0 bridgehead atoms. The number of hydrogen-bond donors (Lipinski definition) is 1. The molecule has 1 aromatic heterocycles. The van der Waals surface area contributed by atoms with E-state index in [0.29, 0.717) is 43.1 Å². The van der Waals surface area contributed by atoms with Crippen molar-refractivity contribution in [3.8, 4) is 11.5 Å². The highest BCUT2D eigenvalue weighted by Gasteiger charge is 2.43. The highest BCUT2D eigenvalue weighted by molar-refractivity contribution is 7.22. The lowest BCUT2D eigenvalue weighted by Gasteiger charge is -2.40. The number of quaternary nitrogens is 1. The number of benzene rings is 2. The van der Waals surface area contributed by atoms with Crippen LogP contribution in [0.25, 0.3) is 10.2 Å². The molecule has 0 radical (unpaired) electrons. The van der Waals surface area contributed by atoms with Gasteiger partial charge in [0.15, 0.2) is 6.17 Å². The van der Waals surface area contributed by atoms with E-state index < -0.39 is 10.8 Å². The van der Waals surface area contributed by atoms with Crippen molar-refractivity contribution >= 4 is 32.4 Å². The Morgan fingerprint density at radius 1 is 1.14 bits per heavy atom. The van der Waals surface area contributed by atoms with Crippen LogP contribution in [0.3, 0.4) is 0 Å². The second-order valence-corrected chi connectivity index (χ2v) is 8.10. The van der Waals surface area contributed by atoms with Gasteiger partial charge in [0.1, 0.15) is 23.9 Å².